The number of aryl methyl sites for hydroxylation is 1. The Balaban J connectivity index is 2.79. The van der Waals surface area contributed by atoms with Gasteiger partial charge in [0.25, 0.3) is 5.91 Å². The molecule has 0 saturated heterocycles. The van der Waals surface area contributed by atoms with Crippen molar-refractivity contribution in [2.24, 2.45) is 0 Å². The summed E-state index contributed by atoms with van der Waals surface area (Å²) in [7, 11) is 0. The predicted molar refractivity (Wildman–Crippen MR) is 80.7 cm³/mol. The molecule has 0 aliphatic heterocycles. The second kappa shape index (κ2) is 7.11. The van der Waals surface area contributed by atoms with Gasteiger partial charge in [0.05, 0.1) is 0 Å². The van der Waals surface area contributed by atoms with E-state index in [0.29, 0.717) is 5.75 Å². The lowest BCUT2D eigenvalue weighted by molar-refractivity contribution is -0.138. The summed E-state index contributed by atoms with van der Waals surface area (Å²) in [5.41, 5.74) is 2.15. The Labute approximate surface area is 125 Å². The maximum atomic E-state index is 11.5. The van der Waals surface area contributed by atoms with Gasteiger partial charge < -0.3 is 15.2 Å². The van der Waals surface area contributed by atoms with E-state index in [1.54, 1.807) is 0 Å². The number of carbonyl (C=O) groups is 2. The van der Waals surface area contributed by atoms with Crippen molar-refractivity contribution in [3.05, 3.63) is 29.3 Å². The second-order valence-corrected chi connectivity index (χ2v) is 5.89. The van der Waals surface area contributed by atoms with E-state index in [0.717, 1.165) is 12.0 Å². The first kappa shape index (κ1) is 17.0. The molecule has 0 radical (unpaired) electrons. The fraction of sp³-hybridized carbons (Fsp3) is 0.500. The minimum atomic E-state index is -1.08. The van der Waals surface area contributed by atoms with Crippen LogP contribution in [0.25, 0.3) is 0 Å². The topological polar surface area (TPSA) is 75.6 Å². The highest BCUT2D eigenvalue weighted by Gasteiger charge is 2.20. The van der Waals surface area contributed by atoms with Gasteiger partial charge in [0, 0.05) is 0 Å². The Bertz CT molecular complexity index is 517. The van der Waals surface area contributed by atoms with E-state index in [1.807, 2.05) is 12.1 Å². The van der Waals surface area contributed by atoms with E-state index in [9.17, 15) is 9.59 Å². The second-order valence-electron chi connectivity index (χ2n) is 5.89. The summed E-state index contributed by atoms with van der Waals surface area (Å²) in [5, 5.41) is 10.8. The molecule has 1 aromatic carbocycles. The number of carboxylic acids is 1. The summed E-state index contributed by atoms with van der Waals surface area (Å²) in [5.74, 6) is -0.868. The molecule has 5 heteroatoms. The van der Waals surface area contributed by atoms with Gasteiger partial charge in [-0.2, -0.15) is 0 Å². The van der Waals surface area contributed by atoms with E-state index in [2.05, 4.69) is 39.1 Å². The van der Waals surface area contributed by atoms with Crippen LogP contribution in [-0.2, 0) is 21.4 Å². The van der Waals surface area contributed by atoms with Crippen molar-refractivity contribution in [3.63, 3.8) is 0 Å². The van der Waals surface area contributed by atoms with Crippen molar-refractivity contribution in [3.8, 4) is 5.75 Å². The standard InChI is InChI=1S/C16H23NO4/c1-5-11-6-7-13(12(8-11)16(2,3)4)21-10-14(18)17-9-15(19)20/h6-8H,5,9-10H2,1-4H3,(H,17,18)(H,19,20). The van der Waals surface area contributed by atoms with E-state index in [1.165, 1.54) is 5.56 Å². The molecule has 0 spiro atoms. The largest absolute Gasteiger partial charge is 0.483 e. The summed E-state index contributed by atoms with van der Waals surface area (Å²) in [6.07, 6.45) is 0.933. The zero-order valence-electron chi connectivity index (χ0n) is 13.0. The van der Waals surface area contributed by atoms with Crippen LogP contribution in [0.3, 0.4) is 0 Å². The zero-order chi connectivity index (χ0) is 16.0. The minimum Gasteiger partial charge on any atom is -0.483 e. The van der Waals surface area contributed by atoms with Crippen molar-refractivity contribution in [1.82, 2.24) is 5.32 Å². The Hall–Kier alpha value is -2.04. The smallest absolute Gasteiger partial charge is 0.322 e. The maximum absolute atomic E-state index is 11.5. The molecular weight excluding hydrogens is 270 g/mol. The first-order valence-electron chi connectivity index (χ1n) is 6.98. The Morgan fingerprint density at radius 1 is 1.29 bits per heavy atom. The van der Waals surface area contributed by atoms with Crippen LogP contribution < -0.4 is 10.1 Å². The van der Waals surface area contributed by atoms with Crippen LogP contribution in [0.15, 0.2) is 18.2 Å². The van der Waals surface area contributed by atoms with Gasteiger partial charge in [-0.25, -0.2) is 0 Å². The van der Waals surface area contributed by atoms with Crippen LogP contribution in [0.5, 0.6) is 5.75 Å². The number of benzene rings is 1. The van der Waals surface area contributed by atoms with E-state index >= 15 is 0 Å². The number of rotatable bonds is 6. The summed E-state index contributed by atoms with van der Waals surface area (Å²) >= 11 is 0. The molecule has 21 heavy (non-hydrogen) atoms. The van der Waals surface area contributed by atoms with Crippen molar-refractivity contribution in [2.75, 3.05) is 13.2 Å². The first-order valence-corrected chi connectivity index (χ1v) is 6.98. The number of carboxylic acid groups (broad SMARTS) is 1. The molecule has 1 rings (SSSR count). The molecule has 1 amide bonds. The average Bonchev–Trinajstić information content (AvgIpc) is 2.41. The fourth-order valence-electron chi connectivity index (χ4n) is 1.88. The molecule has 0 aliphatic carbocycles. The van der Waals surface area contributed by atoms with Crippen molar-refractivity contribution < 1.29 is 19.4 Å². The average molecular weight is 293 g/mol. The third-order valence-corrected chi connectivity index (χ3v) is 3.06. The van der Waals surface area contributed by atoms with Gasteiger partial charge in [-0.3, -0.25) is 9.59 Å². The molecule has 0 atom stereocenters. The van der Waals surface area contributed by atoms with Crippen LogP contribution in [0, 0.1) is 0 Å². The third-order valence-electron chi connectivity index (χ3n) is 3.06. The molecule has 0 fully saturated rings. The van der Waals surface area contributed by atoms with Crippen molar-refractivity contribution >= 4 is 11.9 Å². The van der Waals surface area contributed by atoms with Gasteiger partial charge in [-0.1, -0.05) is 39.8 Å². The Kier molecular flexibility index (Phi) is 5.76. The summed E-state index contributed by atoms with van der Waals surface area (Å²) in [6.45, 7) is 7.74. The molecular formula is C16H23NO4. The fourth-order valence-corrected chi connectivity index (χ4v) is 1.88. The van der Waals surface area contributed by atoms with Gasteiger partial charge in [0.1, 0.15) is 12.3 Å². The lowest BCUT2D eigenvalue weighted by Gasteiger charge is -2.23. The molecule has 2 N–H and O–H groups in total. The van der Waals surface area contributed by atoms with E-state index < -0.39 is 18.4 Å². The van der Waals surface area contributed by atoms with Gasteiger partial charge in [0.15, 0.2) is 6.61 Å². The van der Waals surface area contributed by atoms with Crippen LogP contribution in [0.1, 0.15) is 38.8 Å². The highest BCUT2D eigenvalue weighted by atomic mass is 16.5. The number of hydrogen-bond acceptors (Lipinski definition) is 3. The predicted octanol–water partition coefficient (Wildman–Crippen LogP) is 2.13. The number of carbonyl (C=O) groups excluding carboxylic acids is 1. The number of nitrogens with one attached hydrogen (secondary N) is 1. The third kappa shape index (κ3) is 5.45. The summed E-state index contributed by atoms with van der Waals surface area (Å²) in [6, 6.07) is 5.92. The highest BCUT2D eigenvalue weighted by Crippen LogP contribution is 2.32. The number of ether oxygens (including phenoxy) is 1. The summed E-state index contributed by atoms with van der Waals surface area (Å²) < 4.78 is 5.55. The van der Waals surface area contributed by atoms with Gasteiger partial charge in [-0.15, -0.1) is 0 Å². The molecule has 1 aromatic rings. The van der Waals surface area contributed by atoms with E-state index in [4.69, 9.17) is 9.84 Å². The maximum Gasteiger partial charge on any atom is 0.322 e. The number of hydrogen-bond donors (Lipinski definition) is 2. The van der Waals surface area contributed by atoms with Crippen molar-refractivity contribution in [1.29, 1.82) is 0 Å². The van der Waals surface area contributed by atoms with Gasteiger partial charge in [0.2, 0.25) is 0 Å². The van der Waals surface area contributed by atoms with Crippen LogP contribution >= 0.6 is 0 Å². The Morgan fingerprint density at radius 2 is 1.95 bits per heavy atom. The Morgan fingerprint density at radius 3 is 2.48 bits per heavy atom. The molecule has 5 nitrogen and oxygen atoms in total. The molecule has 116 valence electrons. The monoisotopic (exact) mass is 293 g/mol. The number of aliphatic carboxylic acids is 1. The molecule has 0 bridgehead atoms. The lowest BCUT2D eigenvalue weighted by atomic mass is 9.85. The minimum absolute atomic E-state index is 0.0992. The summed E-state index contributed by atoms with van der Waals surface area (Å²) in [4.78, 5) is 21.9. The van der Waals surface area contributed by atoms with Crippen LogP contribution in [0.4, 0.5) is 0 Å². The quantitative estimate of drug-likeness (QED) is 0.842. The highest BCUT2D eigenvalue weighted by molar-refractivity contribution is 5.82. The molecule has 0 aromatic heterocycles. The molecule has 0 heterocycles. The molecule has 0 saturated carbocycles. The van der Waals surface area contributed by atoms with Gasteiger partial charge in [-0.05, 0) is 29.0 Å². The molecule has 0 unspecified atom stereocenters. The molecule has 0 aliphatic rings. The normalized spacial score (nSPS) is 11.0. The SMILES string of the molecule is CCc1ccc(OCC(=O)NCC(=O)O)c(C(C)(C)C)c1. The van der Waals surface area contributed by atoms with Crippen molar-refractivity contribution in [2.45, 2.75) is 39.5 Å². The zero-order valence-corrected chi connectivity index (χ0v) is 13.0. The lowest BCUT2D eigenvalue weighted by Crippen LogP contribution is -2.33. The first-order chi connectivity index (χ1) is 9.74. The van der Waals surface area contributed by atoms with Gasteiger partial charge >= 0.3 is 5.97 Å². The van der Waals surface area contributed by atoms with Crippen LogP contribution in [-0.4, -0.2) is 30.1 Å². The van der Waals surface area contributed by atoms with Crippen LogP contribution in [0.2, 0.25) is 0 Å². The number of amides is 1. The van der Waals surface area contributed by atoms with E-state index in [-0.39, 0.29) is 12.0 Å².